The van der Waals surface area contributed by atoms with Crippen molar-refractivity contribution < 1.29 is 23.1 Å². The molecule has 0 saturated heterocycles. The van der Waals surface area contributed by atoms with E-state index >= 15 is 0 Å². The van der Waals surface area contributed by atoms with Crippen LogP contribution in [0.25, 0.3) is 0 Å². The van der Waals surface area contributed by atoms with E-state index in [1.165, 1.54) is 6.07 Å². The van der Waals surface area contributed by atoms with Crippen LogP contribution in [0, 0.1) is 6.92 Å². The number of hydrogen-bond acceptors (Lipinski definition) is 4. The summed E-state index contributed by atoms with van der Waals surface area (Å²) in [7, 11) is -3.01. The van der Waals surface area contributed by atoms with E-state index in [9.17, 15) is 13.2 Å². The number of carbonyl (C=O) groups is 1. The number of hydrogen-bond donors (Lipinski definition) is 1. The maximum Gasteiger partial charge on any atom is 0.339 e. The molecule has 0 fully saturated rings. The fourth-order valence-electron chi connectivity index (χ4n) is 1.61. The number of aromatic carboxylic acids is 1. The highest BCUT2D eigenvalue weighted by Crippen LogP contribution is 2.23. The molecule has 1 N–H and O–H groups in total. The van der Waals surface area contributed by atoms with E-state index in [1.54, 1.807) is 26.0 Å². The third-order valence-electron chi connectivity index (χ3n) is 2.73. The van der Waals surface area contributed by atoms with Gasteiger partial charge in [0.25, 0.3) is 0 Å². The molecule has 0 aromatic heterocycles. The second kappa shape index (κ2) is 6.56. The smallest absolute Gasteiger partial charge is 0.339 e. The molecule has 19 heavy (non-hydrogen) atoms. The Bertz CT molecular complexity index is 548. The van der Waals surface area contributed by atoms with Crippen molar-refractivity contribution in [2.45, 2.75) is 20.3 Å². The quantitative estimate of drug-likeness (QED) is 0.774. The lowest BCUT2D eigenvalue weighted by Gasteiger charge is -2.11. The molecule has 0 aliphatic carbocycles. The molecule has 0 aliphatic rings. The van der Waals surface area contributed by atoms with Gasteiger partial charge in [0.15, 0.2) is 0 Å². The molecule has 1 rings (SSSR count). The zero-order chi connectivity index (χ0) is 14.5. The number of rotatable bonds is 7. The van der Waals surface area contributed by atoms with Crippen LogP contribution in [0.15, 0.2) is 18.2 Å². The van der Waals surface area contributed by atoms with Crippen LogP contribution >= 0.6 is 0 Å². The Morgan fingerprint density at radius 1 is 1.37 bits per heavy atom. The fourth-order valence-corrected chi connectivity index (χ4v) is 2.46. The molecule has 0 spiro atoms. The third kappa shape index (κ3) is 4.55. The Morgan fingerprint density at radius 3 is 2.63 bits per heavy atom. The second-order valence-electron chi connectivity index (χ2n) is 4.20. The number of carboxylic acids is 1. The summed E-state index contributed by atoms with van der Waals surface area (Å²) in [5, 5.41) is 9.04. The van der Waals surface area contributed by atoms with Crippen molar-refractivity contribution in [1.29, 1.82) is 0 Å². The maximum absolute atomic E-state index is 11.3. The zero-order valence-corrected chi connectivity index (χ0v) is 11.9. The summed E-state index contributed by atoms with van der Waals surface area (Å²) in [5.74, 6) is -0.584. The van der Waals surface area contributed by atoms with E-state index in [1.807, 2.05) is 0 Å². The summed E-state index contributed by atoms with van der Waals surface area (Å²) >= 11 is 0. The van der Waals surface area contributed by atoms with Gasteiger partial charge in [-0.1, -0.05) is 19.1 Å². The van der Waals surface area contributed by atoms with E-state index < -0.39 is 15.8 Å². The first kappa shape index (κ1) is 15.5. The molecular weight excluding hydrogens is 268 g/mol. The summed E-state index contributed by atoms with van der Waals surface area (Å²) in [6.07, 6.45) is 0.351. The Labute approximate surface area is 113 Å². The molecular formula is C13H18O5S. The van der Waals surface area contributed by atoms with E-state index in [0.717, 1.165) is 5.56 Å². The van der Waals surface area contributed by atoms with Crippen LogP contribution in [-0.2, 0) is 9.84 Å². The Hall–Kier alpha value is -1.56. The average molecular weight is 286 g/mol. The highest BCUT2D eigenvalue weighted by molar-refractivity contribution is 7.91. The molecule has 5 nitrogen and oxygen atoms in total. The minimum atomic E-state index is -3.01. The molecule has 0 atom stereocenters. The summed E-state index contributed by atoms with van der Waals surface area (Å²) in [5.41, 5.74) is 0.816. The van der Waals surface area contributed by atoms with Gasteiger partial charge < -0.3 is 9.84 Å². The fraction of sp³-hybridized carbons (Fsp3) is 0.462. The van der Waals surface area contributed by atoms with Gasteiger partial charge in [-0.15, -0.1) is 0 Å². The van der Waals surface area contributed by atoms with Crippen molar-refractivity contribution in [1.82, 2.24) is 0 Å². The van der Waals surface area contributed by atoms with Crippen molar-refractivity contribution >= 4 is 15.8 Å². The van der Waals surface area contributed by atoms with Crippen molar-refractivity contribution in [2.24, 2.45) is 0 Å². The normalized spacial score (nSPS) is 11.3. The van der Waals surface area contributed by atoms with Crippen LogP contribution < -0.4 is 4.74 Å². The first-order valence-corrected chi connectivity index (χ1v) is 7.85. The molecule has 0 radical (unpaired) electrons. The summed E-state index contributed by atoms with van der Waals surface area (Å²) < 4.78 is 28.0. The topological polar surface area (TPSA) is 80.7 Å². The number of para-hydroxylation sites is 1. The summed E-state index contributed by atoms with van der Waals surface area (Å²) in [6, 6.07) is 4.87. The second-order valence-corrected chi connectivity index (χ2v) is 6.67. The Kier molecular flexibility index (Phi) is 5.35. The van der Waals surface area contributed by atoms with Crippen LogP contribution in [0.2, 0.25) is 0 Å². The molecule has 0 bridgehead atoms. The standard InChI is InChI=1S/C13H18O5S/c1-3-19(16,17)9-5-8-18-12-10(2)6-4-7-11(12)13(14)15/h4,6-7H,3,5,8-9H2,1-2H3,(H,14,15). The third-order valence-corrected chi connectivity index (χ3v) is 4.52. The van der Waals surface area contributed by atoms with Crippen LogP contribution in [0.3, 0.4) is 0 Å². The van der Waals surface area contributed by atoms with Gasteiger partial charge in [0.2, 0.25) is 0 Å². The minimum absolute atomic E-state index is 0.0534. The van der Waals surface area contributed by atoms with Crippen LogP contribution in [0.1, 0.15) is 29.3 Å². The van der Waals surface area contributed by atoms with Crippen molar-refractivity contribution in [3.8, 4) is 5.75 Å². The van der Waals surface area contributed by atoms with Crippen molar-refractivity contribution in [3.63, 3.8) is 0 Å². The monoisotopic (exact) mass is 286 g/mol. The number of aryl methyl sites for hydroxylation is 1. The minimum Gasteiger partial charge on any atom is -0.492 e. The van der Waals surface area contributed by atoms with Crippen molar-refractivity contribution in [2.75, 3.05) is 18.1 Å². The molecule has 1 aromatic rings. The van der Waals surface area contributed by atoms with Gasteiger partial charge >= 0.3 is 5.97 Å². The number of carboxylic acid groups (broad SMARTS) is 1. The molecule has 0 aliphatic heterocycles. The molecule has 0 saturated carbocycles. The van der Waals surface area contributed by atoms with Crippen LogP contribution in [-0.4, -0.2) is 37.6 Å². The van der Waals surface area contributed by atoms with Gasteiger partial charge in [-0.05, 0) is 25.0 Å². The van der Waals surface area contributed by atoms with Crippen molar-refractivity contribution in [3.05, 3.63) is 29.3 Å². The van der Waals surface area contributed by atoms with Gasteiger partial charge in [0.05, 0.1) is 12.4 Å². The van der Waals surface area contributed by atoms with E-state index in [4.69, 9.17) is 9.84 Å². The van der Waals surface area contributed by atoms with Gasteiger partial charge in [-0.3, -0.25) is 0 Å². The maximum atomic E-state index is 11.3. The molecule has 6 heteroatoms. The lowest BCUT2D eigenvalue weighted by atomic mass is 10.1. The first-order valence-electron chi connectivity index (χ1n) is 6.03. The average Bonchev–Trinajstić information content (AvgIpc) is 2.35. The van der Waals surface area contributed by atoms with E-state index in [0.29, 0.717) is 12.2 Å². The Morgan fingerprint density at radius 2 is 2.05 bits per heavy atom. The number of sulfone groups is 1. The highest BCUT2D eigenvalue weighted by Gasteiger charge is 2.13. The molecule has 0 unspecified atom stereocenters. The molecule has 1 aromatic carbocycles. The lowest BCUT2D eigenvalue weighted by molar-refractivity contribution is 0.0692. The van der Waals surface area contributed by atoms with E-state index in [-0.39, 0.29) is 23.7 Å². The van der Waals surface area contributed by atoms with Crippen LogP contribution in [0.5, 0.6) is 5.75 Å². The number of ether oxygens (including phenoxy) is 1. The first-order chi connectivity index (χ1) is 8.87. The van der Waals surface area contributed by atoms with Gasteiger partial charge in [0.1, 0.15) is 21.2 Å². The Balaban J connectivity index is 2.66. The zero-order valence-electron chi connectivity index (χ0n) is 11.0. The molecule has 0 heterocycles. The van der Waals surface area contributed by atoms with Gasteiger partial charge in [-0.25, -0.2) is 13.2 Å². The van der Waals surface area contributed by atoms with Gasteiger partial charge in [0, 0.05) is 5.75 Å². The van der Waals surface area contributed by atoms with E-state index in [2.05, 4.69) is 0 Å². The van der Waals surface area contributed by atoms with Crippen LogP contribution in [0.4, 0.5) is 0 Å². The molecule has 106 valence electrons. The van der Waals surface area contributed by atoms with Gasteiger partial charge in [-0.2, -0.15) is 0 Å². The summed E-state index contributed by atoms with van der Waals surface area (Å²) in [6.45, 7) is 3.54. The SMILES string of the molecule is CCS(=O)(=O)CCCOc1c(C)cccc1C(=O)O. The number of benzene rings is 1. The largest absolute Gasteiger partial charge is 0.492 e. The highest BCUT2D eigenvalue weighted by atomic mass is 32.2. The predicted molar refractivity (Wildman–Crippen MR) is 72.6 cm³/mol. The lowest BCUT2D eigenvalue weighted by Crippen LogP contribution is -2.13. The summed E-state index contributed by atoms with van der Waals surface area (Å²) in [4.78, 5) is 11.0. The molecule has 0 amide bonds. The predicted octanol–water partition coefficient (Wildman–Crippen LogP) is 1.90.